The maximum absolute atomic E-state index is 12.3. The average Bonchev–Trinajstić information content (AvgIpc) is 2.85. The van der Waals surface area contributed by atoms with Crippen LogP contribution in [0.15, 0.2) is 58.3 Å². The monoisotopic (exact) mass is 375 g/mol. The van der Waals surface area contributed by atoms with Crippen molar-refractivity contribution >= 4 is 39.1 Å². The van der Waals surface area contributed by atoms with E-state index in [2.05, 4.69) is 5.32 Å². The van der Waals surface area contributed by atoms with Crippen molar-refractivity contribution in [2.24, 2.45) is 0 Å². The Kier molecular flexibility index (Phi) is 4.65. The summed E-state index contributed by atoms with van der Waals surface area (Å²) in [6.07, 6.45) is 1.50. The maximum Gasteiger partial charge on any atom is 0.339 e. The molecule has 2 aromatic rings. The summed E-state index contributed by atoms with van der Waals surface area (Å²) in [6, 6.07) is 12.6. The van der Waals surface area contributed by atoms with E-state index in [1.807, 2.05) is 6.92 Å². The lowest BCUT2D eigenvalue weighted by Crippen LogP contribution is -2.17. The van der Waals surface area contributed by atoms with Gasteiger partial charge >= 0.3 is 10.1 Å². The molecule has 1 saturated heterocycles. The van der Waals surface area contributed by atoms with Gasteiger partial charge in [-0.05, 0) is 54.6 Å². The number of hydrogen-bond donors (Lipinski definition) is 1. The molecular formula is C17H13NO5S2. The van der Waals surface area contributed by atoms with Crippen molar-refractivity contribution in [1.29, 1.82) is 0 Å². The van der Waals surface area contributed by atoms with Crippen LogP contribution < -0.4 is 9.50 Å². The Morgan fingerprint density at radius 3 is 2.44 bits per heavy atom. The van der Waals surface area contributed by atoms with E-state index in [-0.39, 0.29) is 15.6 Å². The molecule has 128 valence electrons. The van der Waals surface area contributed by atoms with E-state index in [0.717, 1.165) is 17.3 Å². The van der Waals surface area contributed by atoms with E-state index in [1.165, 1.54) is 30.3 Å². The van der Waals surface area contributed by atoms with Crippen molar-refractivity contribution in [1.82, 2.24) is 5.32 Å². The zero-order valence-corrected chi connectivity index (χ0v) is 14.7. The first-order valence-corrected chi connectivity index (χ1v) is 9.42. The number of carbonyl (C=O) groups is 2. The number of rotatable bonds is 4. The lowest BCUT2D eigenvalue weighted by molar-refractivity contribution is -0.115. The largest absolute Gasteiger partial charge is 0.379 e. The van der Waals surface area contributed by atoms with Crippen LogP contribution in [0.5, 0.6) is 5.75 Å². The van der Waals surface area contributed by atoms with Crippen LogP contribution in [0.1, 0.15) is 11.1 Å². The van der Waals surface area contributed by atoms with Gasteiger partial charge in [0.2, 0.25) is 0 Å². The summed E-state index contributed by atoms with van der Waals surface area (Å²) in [7, 11) is -3.95. The second-order valence-corrected chi connectivity index (χ2v) is 7.84. The summed E-state index contributed by atoms with van der Waals surface area (Å²) in [5.41, 5.74) is 1.48. The minimum Gasteiger partial charge on any atom is -0.379 e. The molecule has 3 rings (SSSR count). The van der Waals surface area contributed by atoms with Crippen LogP contribution in [0.2, 0.25) is 0 Å². The van der Waals surface area contributed by atoms with Crippen LogP contribution >= 0.6 is 11.8 Å². The minimum atomic E-state index is -3.95. The van der Waals surface area contributed by atoms with E-state index in [1.54, 1.807) is 24.3 Å². The normalized spacial score (nSPS) is 16.1. The number of aryl methyl sites for hydroxylation is 1. The van der Waals surface area contributed by atoms with E-state index in [9.17, 15) is 18.0 Å². The van der Waals surface area contributed by atoms with Gasteiger partial charge in [0.05, 0.1) is 4.91 Å². The Morgan fingerprint density at radius 1 is 1.08 bits per heavy atom. The minimum absolute atomic E-state index is 0.0539. The molecule has 0 radical (unpaired) electrons. The highest BCUT2D eigenvalue weighted by atomic mass is 32.2. The molecule has 0 saturated carbocycles. The molecule has 1 heterocycles. The first kappa shape index (κ1) is 17.2. The van der Waals surface area contributed by atoms with Crippen LogP contribution in [0.3, 0.4) is 0 Å². The van der Waals surface area contributed by atoms with Crippen LogP contribution in [-0.4, -0.2) is 19.6 Å². The first-order chi connectivity index (χ1) is 11.8. The number of amides is 2. The van der Waals surface area contributed by atoms with Crippen LogP contribution in [0, 0.1) is 6.92 Å². The summed E-state index contributed by atoms with van der Waals surface area (Å²) >= 11 is 0.788. The van der Waals surface area contributed by atoms with E-state index in [4.69, 9.17) is 4.18 Å². The summed E-state index contributed by atoms with van der Waals surface area (Å²) in [4.78, 5) is 23.0. The van der Waals surface area contributed by atoms with Crippen molar-refractivity contribution < 1.29 is 22.2 Å². The van der Waals surface area contributed by atoms with Gasteiger partial charge in [-0.15, -0.1) is 0 Å². The van der Waals surface area contributed by atoms with Gasteiger partial charge in [-0.2, -0.15) is 8.42 Å². The van der Waals surface area contributed by atoms with Gasteiger partial charge in [0.25, 0.3) is 11.1 Å². The molecule has 2 aromatic carbocycles. The fourth-order valence-electron chi connectivity index (χ4n) is 2.11. The second kappa shape index (κ2) is 6.73. The van der Waals surface area contributed by atoms with Gasteiger partial charge in [0.1, 0.15) is 10.6 Å². The molecule has 25 heavy (non-hydrogen) atoms. The Morgan fingerprint density at radius 2 is 1.80 bits per heavy atom. The van der Waals surface area contributed by atoms with Gasteiger partial charge < -0.3 is 4.18 Å². The number of nitrogens with one attached hydrogen (secondary N) is 1. The molecule has 1 aliphatic rings. The van der Waals surface area contributed by atoms with E-state index >= 15 is 0 Å². The second-order valence-electron chi connectivity index (χ2n) is 5.28. The van der Waals surface area contributed by atoms with Gasteiger partial charge in [0.15, 0.2) is 0 Å². The molecule has 0 aromatic heterocycles. The van der Waals surface area contributed by atoms with Gasteiger partial charge in [-0.3, -0.25) is 14.9 Å². The van der Waals surface area contributed by atoms with Crippen molar-refractivity contribution in [3.8, 4) is 5.75 Å². The van der Waals surface area contributed by atoms with E-state index in [0.29, 0.717) is 5.56 Å². The highest BCUT2D eigenvalue weighted by Crippen LogP contribution is 2.27. The quantitative estimate of drug-likeness (QED) is 0.652. The number of hydrogen-bond acceptors (Lipinski definition) is 6. The third-order valence-electron chi connectivity index (χ3n) is 3.31. The maximum atomic E-state index is 12.3. The summed E-state index contributed by atoms with van der Waals surface area (Å²) < 4.78 is 29.8. The Bertz CT molecular complexity index is 978. The zero-order valence-electron chi connectivity index (χ0n) is 13.1. The van der Waals surface area contributed by atoms with Gasteiger partial charge in [-0.1, -0.05) is 29.8 Å². The molecule has 6 nitrogen and oxygen atoms in total. The SMILES string of the molecule is Cc1ccc(S(=O)(=O)Oc2cccc(/C=C3\SC(=O)NC3=O)c2)cc1. The molecule has 0 unspecified atom stereocenters. The first-order valence-electron chi connectivity index (χ1n) is 7.19. The molecule has 0 spiro atoms. The van der Waals surface area contributed by atoms with Crippen molar-refractivity contribution in [3.05, 3.63) is 64.6 Å². The van der Waals surface area contributed by atoms with Crippen molar-refractivity contribution in [3.63, 3.8) is 0 Å². The Balaban J connectivity index is 1.85. The zero-order chi connectivity index (χ0) is 18.0. The smallest absolute Gasteiger partial charge is 0.339 e. The molecule has 2 amide bonds. The van der Waals surface area contributed by atoms with Crippen molar-refractivity contribution in [2.45, 2.75) is 11.8 Å². The van der Waals surface area contributed by atoms with Gasteiger partial charge in [-0.25, -0.2) is 0 Å². The fourth-order valence-corrected chi connectivity index (χ4v) is 3.71. The molecule has 0 bridgehead atoms. The number of imide groups is 1. The molecule has 1 fully saturated rings. The fraction of sp³-hybridized carbons (Fsp3) is 0.0588. The number of carbonyl (C=O) groups excluding carboxylic acids is 2. The van der Waals surface area contributed by atoms with Crippen LogP contribution in [0.25, 0.3) is 6.08 Å². The van der Waals surface area contributed by atoms with Crippen LogP contribution in [0.4, 0.5) is 4.79 Å². The number of benzene rings is 2. The number of thioether (sulfide) groups is 1. The molecule has 0 aliphatic carbocycles. The Hall–Kier alpha value is -2.58. The lowest BCUT2D eigenvalue weighted by Gasteiger charge is -2.08. The summed E-state index contributed by atoms with van der Waals surface area (Å²) in [5.74, 6) is -0.363. The highest BCUT2D eigenvalue weighted by molar-refractivity contribution is 8.18. The molecule has 0 atom stereocenters. The third kappa shape index (κ3) is 4.09. The molecule has 1 aliphatic heterocycles. The standard InChI is InChI=1S/C17H13NO5S2/c1-11-5-7-14(8-6-11)25(21,22)23-13-4-2-3-12(9-13)10-15-16(19)18-17(20)24-15/h2-10H,1H3,(H,18,19,20)/b15-10-. The summed E-state index contributed by atoms with van der Waals surface area (Å²) in [5, 5.41) is 1.72. The summed E-state index contributed by atoms with van der Waals surface area (Å²) in [6.45, 7) is 1.86. The predicted octanol–water partition coefficient (Wildman–Crippen LogP) is 3.09. The molecule has 8 heteroatoms. The lowest BCUT2D eigenvalue weighted by atomic mass is 10.2. The third-order valence-corrected chi connectivity index (χ3v) is 5.39. The molecular weight excluding hydrogens is 362 g/mol. The van der Waals surface area contributed by atoms with Crippen LogP contribution in [-0.2, 0) is 14.9 Å². The van der Waals surface area contributed by atoms with Gasteiger partial charge in [0, 0.05) is 0 Å². The van der Waals surface area contributed by atoms with Crippen molar-refractivity contribution in [2.75, 3.05) is 0 Å². The highest BCUT2D eigenvalue weighted by Gasteiger charge is 2.25. The van der Waals surface area contributed by atoms with E-state index < -0.39 is 21.3 Å². The predicted molar refractivity (Wildman–Crippen MR) is 94.5 cm³/mol. The topological polar surface area (TPSA) is 89.5 Å². The molecule has 1 N–H and O–H groups in total. The Labute approximate surface area is 149 Å². The average molecular weight is 375 g/mol.